The van der Waals surface area contributed by atoms with Crippen molar-refractivity contribution in [2.45, 2.75) is 19.1 Å². The van der Waals surface area contributed by atoms with Crippen LogP contribution in [0, 0.1) is 0 Å². The van der Waals surface area contributed by atoms with Crippen LogP contribution in [0.2, 0.25) is 0 Å². The second kappa shape index (κ2) is 8.55. The van der Waals surface area contributed by atoms with E-state index in [9.17, 15) is 4.79 Å². The average molecular weight is 366 g/mol. The molecule has 0 aliphatic carbocycles. The van der Waals surface area contributed by atoms with Crippen LogP contribution in [0.3, 0.4) is 0 Å². The van der Waals surface area contributed by atoms with Crippen LogP contribution < -0.4 is 4.74 Å². The van der Waals surface area contributed by atoms with E-state index in [1.807, 2.05) is 35.2 Å². The van der Waals surface area contributed by atoms with E-state index >= 15 is 0 Å². The molecule has 0 spiro atoms. The van der Waals surface area contributed by atoms with Gasteiger partial charge in [-0.1, -0.05) is 42.5 Å². The molecule has 1 atom stereocenters. The molecule has 2 aliphatic heterocycles. The molecule has 0 radical (unpaired) electrons. The van der Waals surface area contributed by atoms with E-state index < -0.39 is 0 Å². The average Bonchev–Trinajstić information content (AvgIpc) is 3.16. The summed E-state index contributed by atoms with van der Waals surface area (Å²) in [5, 5.41) is 0. The quantitative estimate of drug-likeness (QED) is 0.816. The van der Waals surface area contributed by atoms with Crippen LogP contribution in [0.25, 0.3) is 0 Å². The molecule has 0 saturated carbocycles. The smallest absolute Gasteiger partial charge is 0.257 e. The summed E-state index contributed by atoms with van der Waals surface area (Å²) in [5.74, 6) is 0.730. The van der Waals surface area contributed by atoms with Gasteiger partial charge >= 0.3 is 0 Å². The lowest BCUT2D eigenvalue weighted by Crippen LogP contribution is -2.41. The highest BCUT2D eigenvalue weighted by molar-refractivity contribution is 5.97. The molecule has 27 heavy (non-hydrogen) atoms. The van der Waals surface area contributed by atoms with E-state index in [4.69, 9.17) is 9.47 Å². The second-order valence-corrected chi connectivity index (χ2v) is 7.15. The van der Waals surface area contributed by atoms with Gasteiger partial charge in [-0.2, -0.15) is 0 Å². The van der Waals surface area contributed by atoms with Gasteiger partial charge in [0.1, 0.15) is 11.9 Å². The molecule has 0 aromatic heterocycles. The topological polar surface area (TPSA) is 42.0 Å². The summed E-state index contributed by atoms with van der Waals surface area (Å²) < 4.78 is 11.6. The fourth-order valence-corrected chi connectivity index (χ4v) is 3.74. The van der Waals surface area contributed by atoms with Crippen LogP contribution in [-0.4, -0.2) is 61.2 Å². The minimum atomic E-state index is 0.0352. The number of benzene rings is 2. The molecule has 4 rings (SSSR count). The van der Waals surface area contributed by atoms with Crippen LogP contribution in [0.15, 0.2) is 54.6 Å². The molecular weight excluding hydrogens is 340 g/mol. The molecule has 2 aromatic rings. The molecule has 5 heteroatoms. The number of nitrogens with zero attached hydrogens (tertiary/aromatic N) is 2. The lowest BCUT2D eigenvalue weighted by molar-refractivity contribution is 0.0299. The number of rotatable bonds is 5. The largest absolute Gasteiger partial charge is 0.488 e. The van der Waals surface area contributed by atoms with Crippen LogP contribution in [0.5, 0.6) is 5.75 Å². The third-order valence-electron chi connectivity index (χ3n) is 5.19. The summed E-state index contributed by atoms with van der Waals surface area (Å²) in [4.78, 5) is 17.1. The standard InChI is InChI=1S/C22H26N2O3/c25-22(24-12-14-26-15-13-24)20-8-4-5-9-21(20)27-19-10-11-23(17-19)16-18-6-2-1-3-7-18/h1-9,19H,10-17H2/t19-/m1/s1. The van der Waals surface area contributed by atoms with Gasteiger partial charge in [-0.05, 0) is 24.1 Å². The van der Waals surface area contributed by atoms with E-state index in [0.29, 0.717) is 37.6 Å². The molecule has 2 aliphatic rings. The summed E-state index contributed by atoms with van der Waals surface area (Å²) in [6.07, 6.45) is 1.10. The molecule has 0 N–H and O–H groups in total. The second-order valence-electron chi connectivity index (χ2n) is 7.15. The van der Waals surface area contributed by atoms with Crippen LogP contribution in [-0.2, 0) is 11.3 Å². The Morgan fingerprint density at radius 1 is 1.00 bits per heavy atom. The predicted molar refractivity (Wildman–Crippen MR) is 104 cm³/mol. The van der Waals surface area contributed by atoms with Gasteiger partial charge in [0.2, 0.25) is 0 Å². The van der Waals surface area contributed by atoms with Crippen molar-refractivity contribution < 1.29 is 14.3 Å². The molecule has 5 nitrogen and oxygen atoms in total. The zero-order valence-electron chi connectivity index (χ0n) is 15.5. The molecular formula is C22H26N2O3. The monoisotopic (exact) mass is 366 g/mol. The van der Waals surface area contributed by atoms with E-state index in [1.165, 1.54) is 5.56 Å². The number of ether oxygens (including phenoxy) is 2. The summed E-state index contributed by atoms with van der Waals surface area (Å²) in [7, 11) is 0. The number of para-hydroxylation sites is 1. The van der Waals surface area contributed by atoms with Crippen molar-refractivity contribution >= 4 is 5.91 Å². The van der Waals surface area contributed by atoms with Crippen LogP contribution in [0.4, 0.5) is 0 Å². The van der Waals surface area contributed by atoms with Crippen molar-refractivity contribution in [2.75, 3.05) is 39.4 Å². The van der Waals surface area contributed by atoms with Crippen molar-refractivity contribution in [1.82, 2.24) is 9.80 Å². The number of hydrogen-bond donors (Lipinski definition) is 0. The van der Waals surface area contributed by atoms with E-state index in [1.54, 1.807) is 0 Å². The summed E-state index contributed by atoms with van der Waals surface area (Å²) in [6.45, 7) is 5.32. The Labute approximate surface area is 160 Å². The Morgan fingerprint density at radius 2 is 1.74 bits per heavy atom. The van der Waals surface area contributed by atoms with Gasteiger partial charge in [-0.15, -0.1) is 0 Å². The molecule has 2 aromatic carbocycles. The first-order valence-electron chi connectivity index (χ1n) is 9.68. The third kappa shape index (κ3) is 4.49. The molecule has 1 amide bonds. The van der Waals surface area contributed by atoms with Gasteiger partial charge < -0.3 is 14.4 Å². The molecule has 142 valence electrons. The maximum Gasteiger partial charge on any atom is 0.257 e. The lowest BCUT2D eigenvalue weighted by atomic mass is 10.1. The summed E-state index contributed by atoms with van der Waals surface area (Å²) in [5.41, 5.74) is 1.97. The Hall–Kier alpha value is -2.37. The number of carbonyl (C=O) groups is 1. The Kier molecular flexibility index (Phi) is 5.70. The van der Waals surface area contributed by atoms with Gasteiger partial charge in [0.15, 0.2) is 0 Å². The van der Waals surface area contributed by atoms with Crippen LogP contribution >= 0.6 is 0 Å². The van der Waals surface area contributed by atoms with E-state index in [-0.39, 0.29) is 12.0 Å². The normalized spacial score (nSPS) is 20.6. The first kappa shape index (κ1) is 18.0. The molecule has 2 heterocycles. The predicted octanol–water partition coefficient (Wildman–Crippen LogP) is 2.81. The Balaban J connectivity index is 1.39. The molecule has 0 bridgehead atoms. The minimum Gasteiger partial charge on any atom is -0.488 e. The maximum atomic E-state index is 12.9. The number of amides is 1. The molecule has 0 unspecified atom stereocenters. The van der Waals surface area contributed by atoms with Crippen molar-refractivity contribution in [3.8, 4) is 5.75 Å². The minimum absolute atomic E-state index is 0.0352. The van der Waals surface area contributed by atoms with Crippen LogP contribution in [0.1, 0.15) is 22.3 Å². The fourth-order valence-electron chi connectivity index (χ4n) is 3.74. The number of likely N-dealkylation sites (tertiary alicyclic amines) is 1. The van der Waals surface area contributed by atoms with Gasteiger partial charge in [0.25, 0.3) is 5.91 Å². The maximum absolute atomic E-state index is 12.9. The first-order chi connectivity index (χ1) is 13.3. The first-order valence-corrected chi connectivity index (χ1v) is 9.68. The van der Waals surface area contributed by atoms with E-state index in [2.05, 4.69) is 29.2 Å². The number of carbonyl (C=O) groups excluding carboxylic acids is 1. The lowest BCUT2D eigenvalue weighted by Gasteiger charge is -2.28. The zero-order valence-corrected chi connectivity index (χ0v) is 15.5. The third-order valence-corrected chi connectivity index (χ3v) is 5.19. The Morgan fingerprint density at radius 3 is 2.56 bits per heavy atom. The van der Waals surface area contributed by atoms with Gasteiger partial charge in [0, 0.05) is 32.7 Å². The molecule has 2 fully saturated rings. The fraction of sp³-hybridized carbons (Fsp3) is 0.409. The van der Waals surface area contributed by atoms with Gasteiger partial charge in [-0.25, -0.2) is 0 Å². The Bertz CT molecular complexity index is 759. The SMILES string of the molecule is O=C(c1ccccc1O[C@@H]1CCN(Cc2ccccc2)C1)N1CCOCC1. The number of hydrogen-bond acceptors (Lipinski definition) is 4. The van der Waals surface area contributed by atoms with E-state index in [0.717, 1.165) is 26.1 Å². The highest BCUT2D eigenvalue weighted by Crippen LogP contribution is 2.25. The van der Waals surface area contributed by atoms with Gasteiger partial charge in [0.05, 0.1) is 18.8 Å². The number of morpholine rings is 1. The van der Waals surface area contributed by atoms with Gasteiger partial charge in [-0.3, -0.25) is 9.69 Å². The van der Waals surface area contributed by atoms with Crippen molar-refractivity contribution in [1.29, 1.82) is 0 Å². The summed E-state index contributed by atoms with van der Waals surface area (Å²) in [6, 6.07) is 18.1. The highest BCUT2D eigenvalue weighted by atomic mass is 16.5. The highest BCUT2D eigenvalue weighted by Gasteiger charge is 2.27. The van der Waals surface area contributed by atoms with Crippen molar-refractivity contribution in [2.24, 2.45) is 0 Å². The zero-order chi connectivity index (χ0) is 18.5. The molecule has 2 saturated heterocycles. The van der Waals surface area contributed by atoms with Crippen molar-refractivity contribution in [3.63, 3.8) is 0 Å². The summed E-state index contributed by atoms with van der Waals surface area (Å²) >= 11 is 0. The van der Waals surface area contributed by atoms with Crippen molar-refractivity contribution in [3.05, 3.63) is 65.7 Å².